The summed E-state index contributed by atoms with van der Waals surface area (Å²) in [7, 11) is 3.03. The Morgan fingerprint density at radius 1 is 1.13 bits per heavy atom. The monoisotopic (exact) mass is 322 g/mol. The van der Waals surface area contributed by atoms with Gasteiger partial charge in [0.15, 0.2) is 6.61 Å². The molecule has 2 amide bonds. The van der Waals surface area contributed by atoms with Crippen LogP contribution in [0.2, 0.25) is 0 Å². The number of nitrogens with one attached hydrogen (secondary N) is 1. The molecule has 0 fully saturated rings. The Hall–Kier alpha value is -3.03. The molecule has 0 saturated heterocycles. The molecule has 0 aliphatic rings. The molecule has 0 radical (unpaired) electrons. The molecule has 0 aromatic heterocycles. The molecule has 1 aromatic carbocycles. The molecular formula is C15H18N2O6. The molecule has 0 aliphatic heterocycles. The lowest BCUT2D eigenvalue weighted by molar-refractivity contribution is -0.143. The quantitative estimate of drug-likeness (QED) is 0.508. The second kappa shape index (κ2) is 9.08. The van der Waals surface area contributed by atoms with Crippen molar-refractivity contribution in [3.05, 3.63) is 29.8 Å². The van der Waals surface area contributed by atoms with E-state index in [2.05, 4.69) is 5.32 Å². The molecule has 1 rings (SSSR count). The largest absolute Gasteiger partial charge is 0.497 e. The highest BCUT2D eigenvalue weighted by molar-refractivity contribution is 5.90. The summed E-state index contributed by atoms with van der Waals surface area (Å²) in [6.07, 6.45) is 2.66. The summed E-state index contributed by atoms with van der Waals surface area (Å²) < 4.78 is 14.9. The molecule has 0 atom stereocenters. The van der Waals surface area contributed by atoms with E-state index in [1.807, 2.05) is 0 Å². The third-order valence-corrected chi connectivity index (χ3v) is 2.59. The van der Waals surface area contributed by atoms with Crippen molar-refractivity contribution in [3.63, 3.8) is 0 Å². The van der Waals surface area contributed by atoms with Crippen molar-refractivity contribution in [1.82, 2.24) is 5.32 Å². The maximum atomic E-state index is 11.5. The van der Waals surface area contributed by atoms with Gasteiger partial charge in [-0.2, -0.15) is 0 Å². The lowest BCUT2D eigenvalue weighted by Crippen LogP contribution is -2.35. The van der Waals surface area contributed by atoms with Crippen LogP contribution in [0.4, 0.5) is 0 Å². The zero-order valence-corrected chi connectivity index (χ0v) is 12.8. The number of nitrogens with two attached hydrogens (primary N) is 1. The van der Waals surface area contributed by atoms with Crippen molar-refractivity contribution < 1.29 is 28.6 Å². The molecule has 0 heterocycles. The normalized spacial score (nSPS) is 10.2. The number of rotatable bonds is 8. The molecule has 124 valence electrons. The van der Waals surface area contributed by atoms with E-state index in [-0.39, 0.29) is 6.54 Å². The van der Waals surface area contributed by atoms with Crippen LogP contribution in [0, 0.1) is 0 Å². The Kier molecular flexibility index (Phi) is 7.12. The fourth-order valence-corrected chi connectivity index (χ4v) is 1.51. The first kappa shape index (κ1) is 18.0. The average Bonchev–Trinajstić information content (AvgIpc) is 2.55. The van der Waals surface area contributed by atoms with Crippen LogP contribution in [0.5, 0.6) is 11.5 Å². The zero-order valence-electron chi connectivity index (χ0n) is 12.8. The first-order chi connectivity index (χ1) is 10.9. The highest BCUT2D eigenvalue weighted by atomic mass is 16.5. The third-order valence-electron chi connectivity index (χ3n) is 2.59. The van der Waals surface area contributed by atoms with Gasteiger partial charge in [-0.15, -0.1) is 0 Å². The topological polar surface area (TPSA) is 117 Å². The van der Waals surface area contributed by atoms with Gasteiger partial charge >= 0.3 is 5.97 Å². The fraction of sp³-hybridized carbons (Fsp3) is 0.267. The number of hydrogen-bond donors (Lipinski definition) is 2. The Morgan fingerprint density at radius 2 is 1.74 bits per heavy atom. The number of benzene rings is 1. The van der Waals surface area contributed by atoms with Crippen molar-refractivity contribution in [3.8, 4) is 11.5 Å². The minimum atomic E-state index is -0.707. The summed E-state index contributed by atoms with van der Waals surface area (Å²) in [5.74, 6) is -0.863. The van der Waals surface area contributed by atoms with Crippen LogP contribution in [0.1, 0.15) is 5.56 Å². The van der Waals surface area contributed by atoms with Gasteiger partial charge in [0, 0.05) is 12.1 Å². The summed E-state index contributed by atoms with van der Waals surface area (Å²) in [6.45, 7) is -0.812. The number of carbonyl (C=O) groups is 3. The Bertz CT molecular complexity index is 590. The van der Waals surface area contributed by atoms with Crippen LogP contribution in [-0.4, -0.2) is 45.2 Å². The van der Waals surface area contributed by atoms with E-state index in [0.717, 1.165) is 6.08 Å². The first-order valence-electron chi connectivity index (χ1n) is 6.57. The average molecular weight is 322 g/mol. The maximum absolute atomic E-state index is 11.5. The zero-order chi connectivity index (χ0) is 17.2. The molecule has 0 bridgehead atoms. The van der Waals surface area contributed by atoms with E-state index in [0.29, 0.717) is 17.1 Å². The standard InChI is InChI=1S/C15H18N2O6/c1-21-11-5-10(6-12(7-11)22-2)3-4-15(20)23-9-14(19)17-8-13(16)18/h3-7H,8-9H2,1-2H3,(H2,16,18)(H,17,19)/b4-3+. The van der Waals surface area contributed by atoms with Gasteiger partial charge in [-0.05, 0) is 23.8 Å². The van der Waals surface area contributed by atoms with Crippen molar-refractivity contribution in [2.75, 3.05) is 27.4 Å². The van der Waals surface area contributed by atoms with Gasteiger partial charge in [-0.1, -0.05) is 0 Å². The van der Waals surface area contributed by atoms with E-state index in [9.17, 15) is 14.4 Å². The number of ether oxygens (including phenoxy) is 3. The van der Waals surface area contributed by atoms with E-state index >= 15 is 0 Å². The smallest absolute Gasteiger partial charge is 0.331 e. The van der Waals surface area contributed by atoms with E-state index in [1.54, 1.807) is 18.2 Å². The molecule has 0 spiro atoms. The second-order valence-corrected chi connectivity index (χ2v) is 4.33. The molecule has 3 N–H and O–H groups in total. The molecule has 23 heavy (non-hydrogen) atoms. The summed E-state index contributed by atoms with van der Waals surface area (Å²) in [6, 6.07) is 5.09. The Balaban J connectivity index is 2.55. The van der Waals surface area contributed by atoms with Crippen LogP contribution in [-0.2, 0) is 19.1 Å². The van der Waals surface area contributed by atoms with Gasteiger partial charge in [-0.3, -0.25) is 9.59 Å². The Morgan fingerprint density at radius 3 is 2.26 bits per heavy atom. The lowest BCUT2D eigenvalue weighted by Gasteiger charge is -2.06. The summed E-state index contributed by atoms with van der Waals surface area (Å²) in [5.41, 5.74) is 5.53. The van der Waals surface area contributed by atoms with E-state index in [4.69, 9.17) is 19.9 Å². The van der Waals surface area contributed by atoms with Gasteiger partial charge < -0.3 is 25.3 Å². The first-order valence-corrected chi connectivity index (χ1v) is 6.57. The van der Waals surface area contributed by atoms with Gasteiger partial charge in [0.1, 0.15) is 11.5 Å². The summed E-state index contributed by atoms with van der Waals surface area (Å²) >= 11 is 0. The number of methoxy groups -OCH3 is 2. The van der Waals surface area contributed by atoms with Crippen LogP contribution < -0.4 is 20.5 Å². The second-order valence-electron chi connectivity index (χ2n) is 4.33. The predicted molar refractivity (Wildman–Crippen MR) is 81.7 cm³/mol. The minimum absolute atomic E-state index is 0.310. The number of amides is 2. The van der Waals surface area contributed by atoms with Crippen LogP contribution in [0.3, 0.4) is 0 Å². The molecule has 8 heteroatoms. The predicted octanol–water partition coefficient (Wildman–Crippen LogP) is -0.138. The van der Waals surface area contributed by atoms with Gasteiger partial charge in [0.05, 0.1) is 20.8 Å². The van der Waals surface area contributed by atoms with Crippen LogP contribution >= 0.6 is 0 Å². The SMILES string of the molecule is COc1cc(/C=C/C(=O)OCC(=O)NCC(N)=O)cc(OC)c1. The summed E-state index contributed by atoms with van der Waals surface area (Å²) in [5, 5.41) is 2.19. The highest BCUT2D eigenvalue weighted by Crippen LogP contribution is 2.23. The lowest BCUT2D eigenvalue weighted by atomic mass is 10.2. The molecule has 8 nitrogen and oxygen atoms in total. The molecule has 0 unspecified atom stereocenters. The molecule has 1 aromatic rings. The highest BCUT2D eigenvalue weighted by Gasteiger charge is 2.06. The molecule has 0 aliphatic carbocycles. The van der Waals surface area contributed by atoms with E-state index in [1.165, 1.54) is 20.3 Å². The van der Waals surface area contributed by atoms with Crippen molar-refractivity contribution >= 4 is 23.9 Å². The maximum Gasteiger partial charge on any atom is 0.331 e. The third kappa shape index (κ3) is 6.98. The van der Waals surface area contributed by atoms with Gasteiger partial charge in [0.2, 0.25) is 5.91 Å². The number of carbonyl (C=O) groups excluding carboxylic acids is 3. The van der Waals surface area contributed by atoms with Crippen LogP contribution in [0.15, 0.2) is 24.3 Å². The Labute approximate surface area is 133 Å². The van der Waals surface area contributed by atoms with Crippen LogP contribution in [0.25, 0.3) is 6.08 Å². The van der Waals surface area contributed by atoms with Crippen molar-refractivity contribution in [2.24, 2.45) is 5.73 Å². The number of primary amides is 1. The van der Waals surface area contributed by atoms with Crippen molar-refractivity contribution in [2.45, 2.75) is 0 Å². The minimum Gasteiger partial charge on any atom is -0.497 e. The number of esters is 1. The molecule has 0 saturated carbocycles. The number of hydrogen-bond acceptors (Lipinski definition) is 6. The fourth-order valence-electron chi connectivity index (χ4n) is 1.51. The van der Waals surface area contributed by atoms with Gasteiger partial charge in [0.25, 0.3) is 5.91 Å². The molecular weight excluding hydrogens is 304 g/mol. The van der Waals surface area contributed by atoms with E-state index < -0.39 is 24.4 Å². The van der Waals surface area contributed by atoms with Gasteiger partial charge in [-0.25, -0.2) is 4.79 Å². The van der Waals surface area contributed by atoms with Crippen molar-refractivity contribution in [1.29, 1.82) is 0 Å². The summed E-state index contributed by atoms with van der Waals surface area (Å²) in [4.78, 5) is 33.2.